The van der Waals surface area contributed by atoms with Crippen molar-refractivity contribution < 1.29 is 9.53 Å². The largest absolute Gasteiger partial charge is 0.494 e. The van der Waals surface area contributed by atoms with Gasteiger partial charge in [0.25, 0.3) is 0 Å². The molecule has 0 saturated carbocycles. The molecule has 0 fully saturated rings. The topological polar surface area (TPSA) is 38.3 Å². The van der Waals surface area contributed by atoms with Crippen molar-refractivity contribution in [3.05, 3.63) is 65.7 Å². The lowest BCUT2D eigenvalue weighted by Gasteiger charge is -2.17. The normalized spacial score (nSPS) is 11.7. The maximum absolute atomic E-state index is 12.1. The molecule has 0 bridgehead atoms. The first-order valence-electron chi connectivity index (χ1n) is 8.23. The standard InChI is InChI=1S/C20H25NO2/c1-3-19(17-8-5-4-6-9-17)21-20(22)10-7-15-23-18-13-11-16(2)12-14-18/h4-6,8-9,11-14,19H,3,7,10,15H2,1-2H3,(H,21,22)/t19-/m0/s1. The zero-order valence-corrected chi connectivity index (χ0v) is 13.9. The number of aryl methyl sites for hydroxylation is 1. The van der Waals surface area contributed by atoms with Crippen LogP contribution in [0.1, 0.15) is 43.4 Å². The van der Waals surface area contributed by atoms with Crippen LogP contribution in [0.2, 0.25) is 0 Å². The van der Waals surface area contributed by atoms with E-state index in [1.807, 2.05) is 49.4 Å². The molecule has 0 heterocycles. The second kappa shape index (κ2) is 8.99. The van der Waals surface area contributed by atoms with Crippen molar-refractivity contribution in [1.29, 1.82) is 0 Å². The molecule has 0 aliphatic rings. The molecule has 0 aromatic heterocycles. The second-order valence-electron chi connectivity index (χ2n) is 5.70. The van der Waals surface area contributed by atoms with Crippen LogP contribution >= 0.6 is 0 Å². The third-order valence-electron chi connectivity index (χ3n) is 3.78. The Balaban J connectivity index is 1.71. The van der Waals surface area contributed by atoms with Gasteiger partial charge in [-0.05, 0) is 37.5 Å². The van der Waals surface area contributed by atoms with Crippen LogP contribution in [0.5, 0.6) is 5.75 Å². The average Bonchev–Trinajstić information content (AvgIpc) is 2.59. The number of amides is 1. The number of ether oxygens (including phenoxy) is 1. The Kier molecular flexibility index (Phi) is 6.67. The fraction of sp³-hybridized carbons (Fsp3) is 0.350. The maximum atomic E-state index is 12.1. The Bertz CT molecular complexity index is 593. The van der Waals surface area contributed by atoms with E-state index in [-0.39, 0.29) is 11.9 Å². The smallest absolute Gasteiger partial charge is 0.220 e. The zero-order valence-electron chi connectivity index (χ0n) is 13.9. The Morgan fingerprint density at radius 1 is 1.09 bits per heavy atom. The molecule has 0 aliphatic carbocycles. The van der Waals surface area contributed by atoms with Gasteiger partial charge < -0.3 is 10.1 Å². The lowest BCUT2D eigenvalue weighted by Crippen LogP contribution is -2.28. The van der Waals surface area contributed by atoms with Crippen LogP contribution < -0.4 is 10.1 Å². The summed E-state index contributed by atoms with van der Waals surface area (Å²) in [6, 6.07) is 18.1. The number of benzene rings is 2. The first-order chi connectivity index (χ1) is 11.2. The van der Waals surface area contributed by atoms with Crippen molar-refractivity contribution in [3.8, 4) is 5.75 Å². The minimum absolute atomic E-state index is 0.0770. The SMILES string of the molecule is CC[C@H](NC(=O)CCCOc1ccc(C)cc1)c1ccccc1. The third kappa shape index (κ3) is 5.78. The monoisotopic (exact) mass is 311 g/mol. The van der Waals surface area contributed by atoms with E-state index < -0.39 is 0 Å². The quantitative estimate of drug-likeness (QED) is 0.733. The molecule has 1 amide bonds. The molecule has 3 heteroatoms. The van der Waals surface area contributed by atoms with Crippen molar-refractivity contribution in [2.24, 2.45) is 0 Å². The predicted octanol–water partition coefficient (Wildman–Crippen LogP) is 4.42. The summed E-state index contributed by atoms with van der Waals surface area (Å²) in [6.07, 6.45) is 2.08. The molecule has 122 valence electrons. The molecule has 0 aliphatic heterocycles. The Labute approximate surface area is 138 Å². The number of rotatable bonds is 8. The van der Waals surface area contributed by atoms with E-state index in [2.05, 4.69) is 24.4 Å². The van der Waals surface area contributed by atoms with Crippen LogP contribution in [0.3, 0.4) is 0 Å². The van der Waals surface area contributed by atoms with Gasteiger partial charge in [-0.25, -0.2) is 0 Å². The van der Waals surface area contributed by atoms with Crippen LogP contribution in [-0.4, -0.2) is 12.5 Å². The molecule has 1 N–H and O–H groups in total. The summed E-state index contributed by atoms with van der Waals surface area (Å²) in [5.74, 6) is 0.930. The van der Waals surface area contributed by atoms with Crippen LogP contribution in [-0.2, 0) is 4.79 Å². The molecule has 0 radical (unpaired) electrons. The minimum Gasteiger partial charge on any atom is -0.494 e. The zero-order chi connectivity index (χ0) is 16.5. The number of hydrogen-bond donors (Lipinski definition) is 1. The highest BCUT2D eigenvalue weighted by Gasteiger charge is 2.11. The number of hydrogen-bond acceptors (Lipinski definition) is 2. The van der Waals surface area contributed by atoms with Gasteiger partial charge in [0, 0.05) is 6.42 Å². The summed E-state index contributed by atoms with van der Waals surface area (Å²) in [6.45, 7) is 4.68. The first-order valence-corrected chi connectivity index (χ1v) is 8.23. The van der Waals surface area contributed by atoms with Gasteiger partial charge in [-0.1, -0.05) is 55.0 Å². The predicted molar refractivity (Wildman–Crippen MR) is 93.5 cm³/mol. The van der Waals surface area contributed by atoms with Gasteiger partial charge in [0.2, 0.25) is 5.91 Å². The van der Waals surface area contributed by atoms with Crippen LogP contribution in [0.25, 0.3) is 0 Å². The molecule has 1 atom stereocenters. The Hall–Kier alpha value is -2.29. The maximum Gasteiger partial charge on any atom is 0.220 e. The second-order valence-corrected chi connectivity index (χ2v) is 5.70. The highest BCUT2D eigenvalue weighted by atomic mass is 16.5. The first kappa shape index (κ1) is 17.1. The number of carbonyl (C=O) groups is 1. The highest BCUT2D eigenvalue weighted by Crippen LogP contribution is 2.16. The van der Waals surface area contributed by atoms with E-state index in [4.69, 9.17) is 4.74 Å². The molecular formula is C20H25NO2. The van der Waals surface area contributed by atoms with Gasteiger partial charge in [0.1, 0.15) is 5.75 Å². The molecule has 2 aromatic rings. The third-order valence-corrected chi connectivity index (χ3v) is 3.78. The van der Waals surface area contributed by atoms with Crippen LogP contribution in [0.4, 0.5) is 0 Å². The molecule has 0 unspecified atom stereocenters. The highest BCUT2D eigenvalue weighted by molar-refractivity contribution is 5.76. The van der Waals surface area contributed by atoms with E-state index in [1.54, 1.807) is 0 Å². The van der Waals surface area contributed by atoms with E-state index >= 15 is 0 Å². The lowest BCUT2D eigenvalue weighted by molar-refractivity contribution is -0.122. The van der Waals surface area contributed by atoms with Crippen molar-refractivity contribution in [3.63, 3.8) is 0 Å². The molecule has 3 nitrogen and oxygen atoms in total. The summed E-state index contributed by atoms with van der Waals surface area (Å²) in [7, 11) is 0. The van der Waals surface area contributed by atoms with E-state index in [0.29, 0.717) is 19.4 Å². The van der Waals surface area contributed by atoms with Gasteiger partial charge in [-0.15, -0.1) is 0 Å². The Morgan fingerprint density at radius 3 is 2.43 bits per heavy atom. The fourth-order valence-corrected chi connectivity index (χ4v) is 2.43. The molecule has 0 saturated heterocycles. The average molecular weight is 311 g/mol. The van der Waals surface area contributed by atoms with E-state index in [0.717, 1.165) is 17.7 Å². The minimum atomic E-state index is 0.0770. The Morgan fingerprint density at radius 2 is 1.78 bits per heavy atom. The van der Waals surface area contributed by atoms with Crippen molar-refractivity contribution in [2.45, 2.75) is 39.2 Å². The fourth-order valence-electron chi connectivity index (χ4n) is 2.43. The molecule has 2 aromatic carbocycles. The molecular weight excluding hydrogens is 286 g/mol. The van der Waals surface area contributed by atoms with E-state index in [1.165, 1.54) is 5.56 Å². The van der Waals surface area contributed by atoms with Gasteiger partial charge in [0.15, 0.2) is 0 Å². The van der Waals surface area contributed by atoms with E-state index in [9.17, 15) is 4.79 Å². The number of nitrogens with one attached hydrogen (secondary N) is 1. The summed E-state index contributed by atoms with van der Waals surface area (Å²) in [5.41, 5.74) is 2.36. The van der Waals surface area contributed by atoms with Crippen molar-refractivity contribution in [2.75, 3.05) is 6.61 Å². The molecule has 23 heavy (non-hydrogen) atoms. The summed E-state index contributed by atoms with van der Waals surface area (Å²) < 4.78 is 5.65. The van der Waals surface area contributed by atoms with Gasteiger partial charge >= 0.3 is 0 Å². The summed E-state index contributed by atoms with van der Waals surface area (Å²) in [4.78, 5) is 12.1. The summed E-state index contributed by atoms with van der Waals surface area (Å²) >= 11 is 0. The molecule has 0 spiro atoms. The van der Waals surface area contributed by atoms with Crippen LogP contribution in [0, 0.1) is 6.92 Å². The van der Waals surface area contributed by atoms with Crippen LogP contribution in [0.15, 0.2) is 54.6 Å². The number of carbonyl (C=O) groups excluding carboxylic acids is 1. The van der Waals surface area contributed by atoms with Gasteiger partial charge in [0.05, 0.1) is 12.6 Å². The van der Waals surface area contributed by atoms with Crippen molar-refractivity contribution in [1.82, 2.24) is 5.32 Å². The van der Waals surface area contributed by atoms with Gasteiger partial charge in [-0.3, -0.25) is 4.79 Å². The molecule has 2 rings (SSSR count). The lowest BCUT2D eigenvalue weighted by atomic mass is 10.0. The van der Waals surface area contributed by atoms with Gasteiger partial charge in [-0.2, -0.15) is 0 Å². The summed E-state index contributed by atoms with van der Waals surface area (Å²) in [5, 5.41) is 3.09. The van der Waals surface area contributed by atoms with Crippen molar-refractivity contribution >= 4 is 5.91 Å².